The second-order valence-corrected chi connectivity index (χ2v) is 2.57. The van der Waals surface area contributed by atoms with Gasteiger partial charge in [-0.2, -0.15) is 8.42 Å². The second-order valence-electron chi connectivity index (χ2n) is 0.856. The van der Waals surface area contributed by atoms with Gasteiger partial charge in [0.25, 0.3) is 0 Å². The van der Waals surface area contributed by atoms with Crippen LogP contribution in [0.5, 0.6) is 0 Å². The molecule has 0 heterocycles. The molecule has 0 saturated heterocycles. The minimum absolute atomic E-state index is 0. The Bertz CT molecular complexity index is 217. The smallest absolute Gasteiger partial charge is 0.759 e. The van der Waals surface area contributed by atoms with Gasteiger partial charge in [-0.25, -0.2) is 0 Å². The van der Waals surface area contributed by atoms with Crippen LogP contribution >= 0.6 is 0 Å². The van der Waals surface area contributed by atoms with Crippen LogP contribution in [0.15, 0.2) is 0 Å². The zero-order chi connectivity index (χ0) is 9.00. The third kappa shape index (κ3) is 420. The van der Waals surface area contributed by atoms with Crippen LogP contribution in [0.3, 0.4) is 0 Å². The van der Waals surface area contributed by atoms with Gasteiger partial charge in [0, 0.05) is 27.5 Å². The Hall–Kier alpha value is 2.26. The molecule has 72 valence electrons. The summed E-state index contributed by atoms with van der Waals surface area (Å²) in [5, 5.41) is 0. The third-order valence-corrected chi connectivity index (χ3v) is 0. The Morgan fingerprint density at radius 2 is 0.846 bits per heavy atom. The van der Waals surface area contributed by atoms with E-state index in [2.05, 4.69) is 0 Å². The number of hydrogen-bond acceptors (Lipinski definition) is 6. The Labute approximate surface area is 130 Å². The fourth-order valence-corrected chi connectivity index (χ4v) is 0. The van der Waals surface area contributed by atoms with E-state index in [1.54, 1.807) is 0 Å². The van der Waals surface area contributed by atoms with Gasteiger partial charge in [0.1, 0.15) is 0 Å². The van der Waals surface area contributed by atoms with Gasteiger partial charge in [0.15, 0.2) is 0 Å². The monoisotopic (exact) mass is 296 g/mol. The van der Waals surface area contributed by atoms with Crippen molar-refractivity contribution in [3.8, 4) is 0 Å². The van der Waals surface area contributed by atoms with Gasteiger partial charge in [-0.05, 0) is 0 Å². The molecule has 0 amide bonds. The molecule has 0 rings (SSSR count). The molecule has 0 aliphatic rings. The number of hydrogen-bond donors (Lipinski definition) is 2. The van der Waals surface area contributed by atoms with Gasteiger partial charge >= 0.3 is 69.5 Å². The molecule has 0 fully saturated rings. The first-order valence-electron chi connectivity index (χ1n) is 1.37. The summed E-state index contributed by atoms with van der Waals surface area (Å²) in [5.74, 6) is 0. The Balaban J connectivity index is -0.0000000267. The van der Waals surface area contributed by atoms with E-state index in [4.69, 9.17) is 35.0 Å². The molecule has 13 heavy (non-hydrogen) atoms. The van der Waals surface area contributed by atoms with Crippen molar-refractivity contribution >= 4 is 20.8 Å². The average Bonchev–Trinajstić information content (AvgIpc) is 1.12. The Morgan fingerprint density at radius 3 is 0.846 bits per heavy atom. The van der Waals surface area contributed by atoms with Crippen molar-refractivity contribution in [3.05, 3.63) is 0 Å². The van der Waals surface area contributed by atoms with Crippen molar-refractivity contribution in [2.45, 2.75) is 0 Å². The average molecular weight is 296 g/mol. The molecule has 13 heteroatoms. The van der Waals surface area contributed by atoms with E-state index < -0.39 is 20.8 Å². The first kappa shape index (κ1) is 29.5. The molecular formula is H2FeNa2O8S2. The van der Waals surface area contributed by atoms with Crippen LogP contribution in [0.2, 0.25) is 0 Å². The normalized spacial score (nSPS) is 8.92. The largest absolute Gasteiger partial charge is 1.00 e. The van der Waals surface area contributed by atoms with Gasteiger partial charge in [0.2, 0.25) is 0 Å². The van der Waals surface area contributed by atoms with Crippen LogP contribution in [0.4, 0.5) is 0 Å². The summed E-state index contributed by atoms with van der Waals surface area (Å²) in [7, 11) is -9.83. The Morgan fingerprint density at radius 1 is 0.846 bits per heavy atom. The van der Waals surface area contributed by atoms with Crippen molar-refractivity contribution in [1.29, 1.82) is 0 Å². The van der Waals surface area contributed by atoms with Crippen LogP contribution in [0.25, 0.3) is 0 Å². The molecule has 0 saturated carbocycles. The van der Waals surface area contributed by atoms with Crippen LogP contribution in [0, 0.1) is 0 Å². The predicted molar refractivity (Wildman–Crippen MR) is 24.7 cm³/mol. The van der Waals surface area contributed by atoms with Crippen LogP contribution < -0.4 is 59.1 Å². The molecule has 8 nitrogen and oxygen atoms in total. The van der Waals surface area contributed by atoms with E-state index in [9.17, 15) is 0 Å². The SMILES string of the molecule is O=S(=O)(O)O.O=S(=O)([O-])[O-].[Fe].[Na+].[Na+]. The molecule has 0 aromatic heterocycles. The standard InChI is InChI=1S/Fe.2Na.2H2O4S/c;;;2*1-5(2,3)4/h;;;2*(H2,1,2,3,4)/q;2*+1;;/p-2. The molecule has 0 radical (unpaired) electrons. The first-order chi connectivity index (χ1) is 4.00. The molecule has 0 aliphatic carbocycles. The minimum atomic E-state index is -5.17. The molecule has 0 unspecified atom stereocenters. The molecule has 0 atom stereocenters. The zero-order valence-corrected chi connectivity index (χ0v) is 13.3. The first-order valence-corrected chi connectivity index (χ1v) is 4.10. The van der Waals surface area contributed by atoms with E-state index in [0.29, 0.717) is 0 Å². The van der Waals surface area contributed by atoms with Gasteiger partial charge in [-0.3, -0.25) is 17.5 Å². The summed E-state index contributed by atoms with van der Waals surface area (Å²) in [5.41, 5.74) is 0. The van der Waals surface area contributed by atoms with E-state index in [1.165, 1.54) is 0 Å². The molecule has 0 aliphatic heterocycles. The maximum Gasteiger partial charge on any atom is 1.00 e. The molecule has 0 aromatic carbocycles. The maximum absolute atomic E-state index is 8.74. The molecular weight excluding hydrogens is 294 g/mol. The Kier molecular flexibility index (Phi) is 28.0. The van der Waals surface area contributed by atoms with Gasteiger partial charge in [0.05, 0.1) is 0 Å². The van der Waals surface area contributed by atoms with E-state index in [0.717, 1.165) is 0 Å². The van der Waals surface area contributed by atoms with E-state index >= 15 is 0 Å². The molecule has 0 aromatic rings. The zero-order valence-electron chi connectivity index (χ0n) is 6.51. The number of rotatable bonds is 0. The van der Waals surface area contributed by atoms with Gasteiger partial charge < -0.3 is 9.11 Å². The van der Waals surface area contributed by atoms with E-state index in [1.807, 2.05) is 0 Å². The van der Waals surface area contributed by atoms with Crippen molar-refractivity contribution < 1.29 is 111 Å². The molecule has 0 spiro atoms. The predicted octanol–water partition coefficient (Wildman–Crippen LogP) is -7.99. The summed E-state index contributed by atoms with van der Waals surface area (Å²) in [6.45, 7) is 0. The quantitative estimate of drug-likeness (QED) is 0.253. The topological polar surface area (TPSA) is 155 Å². The van der Waals surface area contributed by atoms with E-state index in [-0.39, 0.29) is 76.2 Å². The maximum atomic E-state index is 8.74. The fraction of sp³-hybridized carbons (Fsp3) is 0. The summed E-state index contributed by atoms with van der Waals surface area (Å²) >= 11 is 0. The van der Waals surface area contributed by atoms with Gasteiger partial charge in [-0.15, -0.1) is 0 Å². The van der Waals surface area contributed by atoms with Crippen LogP contribution in [0.1, 0.15) is 0 Å². The minimum Gasteiger partial charge on any atom is -0.759 e. The van der Waals surface area contributed by atoms with Crippen molar-refractivity contribution in [3.63, 3.8) is 0 Å². The fourth-order valence-electron chi connectivity index (χ4n) is 0. The van der Waals surface area contributed by atoms with Crippen LogP contribution in [-0.4, -0.2) is 35.0 Å². The van der Waals surface area contributed by atoms with Crippen molar-refractivity contribution in [1.82, 2.24) is 0 Å². The van der Waals surface area contributed by atoms with Crippen LogP contribution in [-0.2, 0) is 37.9 Å². The third-order valence-electron chi connectivity index (χ3n) is 0. The summed E-state index contributed by atoms with van der Waals surface area (Å²) in [4.78, 5) is 0. The second kappa shape index (κ2) is 12.3. The molecule has 2 N–H and O–H groups in total. The molecule has 0 bridgehead atoms. The van der Waals surface area contributed by atoms with Crippen molar-refractivity contribution in [2.75, 3.05) is 0 Å². The summed E-state index contributed by atoms with van der Waals surface area (Å²) in [6, 6.07) is 0. The summed E-state index contributed by atoms with van der Waals surface area (Å²) in [6.07, 6.45) is 0. The van der Waals surface area contributed by atoms with Crippen molar-refractivity contribution in [2.24, 2.45) is 0 Å². The van der Waals surface area contributed by atoms with Gasteiger partial charge in [-0.1, -0.05) is 0 Å². The summed E-state index contributed by atoms with van der Waals surface area (Å²) < 4.78 is 65.7.